The number of carbonyl (C=O) groups excluding carboxylic acids is 3. The van der Waals surface area contributed by atoms with Crippen LogP contribution in [0.2, 0.25) is 0 Å². The lowest BCUT2D eigenvalue weighted by Crippen LogP contribution is -2.22. The number of carbonyl (C=O) groups is 3. The summed E-state index contributed by atoms with van der Waals surface area (Å²) in [7, 11) is 0. The fraction of sp³-hybridized carbons (Fsp3) is 0.364. The highest BCUT2D eigenvalue weighted by atomic mass is 16.6. The van der Waals surface area contributed by atoms with E-state index in [0.717, 1.165) is 6.26 Å². The molecular formula is C11H12O5. The Morgan fingerprint density at radius 1 is 1.62 bits per heavy atom. The van der Waals surface area contributed by atoms with Crippen molar-refractivity contribution < 1.29 is 23.9 Å². The minimum absolute atomic E-state index is 0.00245. The van der Waals surface area contributed by atoms with Gasteiger partial charge in [0.2, 0.25) is 0 Å². The van der Waals surface area contributed by atoms with Crippen molar-refractivity contribution in [2.75, 3.05) is 0 Å². The second-order valence-corrected chi connectivity index (χ2v) is 3.27. The minimum atomic E-state index is -0.535. The first kappa shape index (κ1) is 12.2. The van der Waals surface area contributed by atoms with E-state index in [1.54, 1.807) is 13.0 Å². The standard InChI is InChI=1S/C11H12O5/c1-3-8(5-12)9-4-11(14)15-6-10(9)16-7(2)13/h3,5-6,9H,4H2,1-2H3. The number of ether oxygens (including phenoxy) is 2. The van der Waals surface area contributed by atoms with E-state index >= 15 is 0 Å². The van der Waals surface area contributed by atoms with Crippen LogP contribution < -0.4 is 0 Å². The Morgan fingerprint density at radius 3 is 2.81 bits per heavy atom. The van der Waals surface area contributed by atoms with Gasteiger partial charge in [-0.1, -0.05) is 6.08 Å². The van der Waals surface area contributed by atoms with Crippen LogP contribution in [0.1, 0.15) is 20.3 Å². The number of aldehydes is 1. The molecule has 0 aromatic heterocycles. The average Bonchev–Trinajstić information content (AvgIpc) is 2.23. The average molecular weight is 224 g/mol. The highest BCUT2D eigenvalue weighted by molar-refractivity contribution is 5.80. The summed E-state index contributed by atoms with van der Waals surface area (Å²) in [4.78, 5) is 32.7. The van der Waals surface area contributed by atoms with Crippen molar-refractivity contribution in [3.63, 3.8) is 0 Å². The van der Waals surface area contributed by atoms with Crippen LogP contribution >= 0.6 is 0 Å². The predicted octanol–water partition coefficient (Wildman–Crippen LogP) is 1.10. The van der Waals surface area contributed by atoms with E-state index in [1.807, 2.05) is 0 Å². The van der Waals surface area contributed by atoms with E-state index in [2.05, 4.69) is 4.74 Å². The first-order valence-electron chi connectivity index (χ1n) is 4.77. The van der Waals surface area contributed by atoms with Gasteiger partial charge in [0.25, 0.3) is 0 Å². The van der Waals surface area contributed by atoms with Crippen molar-refractivity contribution in [1.29, 1.82) is 0 Å². The van der Waals surface area contributed by atoms with Crippen LogP contribution in [0.25, 0.3) is 0 Å². The Hall–Kier alpha value is -1.91. The third kappa shape index (κ3) is 2.79. The molecule has 1 heterocycles. The number of esters is 2. The van der Waals surface area contributed by atoms with E-state index < -0.39 is 17.9 Å². The lowest BCUT2D eigenvalue weighted by molar-refractivity contribution is -0.145. The van der Waals surface area contributed by atoms with Crippen molar-refractivity contribution >= 4 is 18.2 Å². The number of hydrogen-bond acceptors (Lipinski definition) is 5. The predicted molar refractivity (Wildman–Crippen MR) is 53.9 cm³/mol. The lowest BCUT2D eigenvalue weighted by atomic mass is 9.93. The summed E-state index contributed by atoms with van der Waals surface area (Å²) in [5.74, 6) is -1.32. The van der Waals surface area contributed by atoms with E-state index in [9.17, 15) is 14.4 Å². The molecule has 0 amide bonds. The summed E-state index contributed by atoms with van der Waals surface area (Å²) in [5, 5.41) is 0. The molecule has 86 valence electrons. The third-order valence-electron chi connectivity index (χ3n) is 2.15. The summed E-state index contributed by atoms with van der Waals surface area (Å²) in [6.45, 7) is 2.92. The monoisotopic (exact) mass is 224 g/mol. The molecule has 0 aliphatic carbocycles. The van der Waals surface area contributed by atoms with Crippen molar-refractivity contribution in [2.24, 2.45) is 5.92 Å². The van der Waals surface area contributed by atoms with E-state index in [1.165, 1.54) is 6.92 Å². The normalized spacial score (nSPS) is 20.9. The molecule has 0 saturated heterocycles. The molecule has 5 nitrogen and oxygen atoms in total. The summed E-state index contributed by atoms with van der Waals surface area (Å²) in [6, 6.07) is 0. The molecule has 0 spiro atoms. The molecule has 0 aromatic rings. The molecule has 5 heteroatoms. The van der Waals surface area contributed by atoms with Crippen LogP contribution in [-0.2, 0) is 23.9 Å². The summed E-state index contributed by atoms with van der Waals surface area (Å²) in [5.41, 5.74) is 0.393. The molecule has 1 aliphatic heterocycles. The van der Waals surface area contributed by atoms with Crippen LogP contribution in [0, 0.1) is 5.92 Å². The molecule has 16 heavy (non-hydrogen) atoms. The van der Waals surface area contributed by atoms with Crippen molar-refractivity contribution in [1.82, 2.24) is 0 Å². The van der Waals surface area contributed by atoms with Gasteiger partial charge in [0.1, 0.15) is 12.5 Å². The number of hydrogen-bond donors (Lipinski definition) is 0. The molecule has 0 radical (unpaired) electrons. The zero-order valence-corrected chi connectivity index (χ0v) is 9.06. The fourth-order valence-corrected chi connectivity index (χ4v) is 1.42. The molecule has 0 N–H and O–H groups in total. The van der Waals surface area contributed by atoms with Crippen molar-refractivity contribution in [2.45, 2.75) is 20.3 Å². The van der Waals surface area contributed by atoms with Gasteiger partial charge in [0.15, 0.2) is 5.76 Å². The highest BCUT2D eigenvalue weighted by Crippen LogP contribution is 2.28. The Labute approximate surface area is 92.7 Å². The molecule has 0 fully saturated rings. The quantitative estimate of drug-likeness (QED) is 0.408. The van der Waals surface area contributed by atoms with Crippen molar-refractivity contribution in [3.05, 3.63) is 23.7 Å². The molecule has 1 atom stereocenters. The van der Waals surface area contributed by atoms with Gasteiger partial charge in [-0.05, 0) is 12.5 Å². The Kier molecular flexibility index (Phi) is 3.99. The van der Waals surface area contributed by atoms with E-state index in [4.69, 9.17) is 4.74 Å². The van der Waals surface area contributed by atoms with Crippen LogP contribution in [0.5, 0.6) is 0 Å². The fourth-order valence-electron chi connectivity index (χ4n) is 1.42. The molecule has 1 aliphatic rings. The first-order chi connectivity index (χ1) is 7.58. The van der Waals surface area contributed by atoms with Gasteiger partial charge in [-0.2, -0.15) is 0 Å². The van der Waals surface area contributed by atoms with Gasteiger partial charge in [0, 0.05) is 6.92 Å². The third-order valence-corrected chi connectivity index (χ3v) is 2.15. The van der Waals surface area contributed by atoms with Crippen molar-refractivity contribution in [3.8, 4) is 0 Å². The van der Waals surface area contributed by atoms with E-state index in [0.29, 0.717) is 11.9 Å². The highest BCUT2D eigenvalue weighted by Gasteiger charge is 2.29. The molecule has 1 unspecified atom stereocenters. The second kappa shape index (κ2) is 5.25. The van der Waals surface area contributed by atoms with E-state index in [-0.39, 0.29) is 12.2 Å². The smallest absolute Gasteiger partial charge is 0.311 e. The zero-order valence-electron chi connectivity index (χ0n) is 9.06. The summed E-state index contributed by atoms with van der Waals surface area (Å²) in [6.07, 6.45) is 3.29. The van der Waals surface area contributed by atoms with Gasteiger partial charge in [0.05, 0.1) is 12.3 Å². The molecule has 1 rings (SSSR count). The van der Waals surface area contributed by atoms with Gasteiger partial charge in [-0.3, -0.25) is 14.4 Å². The maximum Gasteiger partial charge on any atom is 0.311 e. The maximum atomic E-state index is 11.1. The van der Waals surface area contributed by atoms with Gasteiger partial charge in [-0.15, -0.1) is 0 Å². The molecule has 0 aromatic carbocycles. The van der Waals surface area contributed by atoms with Crippen LogP contribution in [-0.4, -0.2) is 18.2 Å². The van der Waals surface area contributed by atoms with Crippen LogP contribution in [0.4, 0.5) is 0 Å². The molecule has 0 saturated carbocycles. The SMILES string of the molecule is CC=C(C=O)C1CC(=O)OC=C1OC(C)=O. The van der Waals surface area contributed by atoms with Gasteiger partial charge < -0.3 is 9.47 Å². The van der Waals surface area contributed by atoms with Gasteiger partial charge >= 0.3 is 11.9 Å². The number of cyclic esters (lactones) is 1. The van der Waals surface area contributed by atoms with Crippen LogP contribution in [0.3, 0.4) is 0 Å². The first-order valence-corrected chi connectivity index (χ1v) is 4.77. The largest absolute Gasteiger partial charge is 0.431 e. The Bertz CT molecular complexity index is 378. The lowest BCUT2D eigenvalue weighted by Gasteiger charge is -2.21. The topological polar surface area (TPSA) is 69.7 Å². The number of allylic oxidation sites excluding steroid dienone is 2. The zero-order chi connectivity index (χ0) is 12.1. The minimum Gasteiger partial charge on any atom is -0.431 e. The maximum absolute atomic E-state index is 11.1. The molecule has 0 bridgehead atoms. The van der Waals surface area contributed by atoms with Gasteiger partial charge in [-0.25, -0.2) is 0 Å². The Morgan fingerprint density at radius 2 is 2.31 bits per heavy atom. The molecular weight excluding hydrogens is 212 g/mol. The second-order valence-electron chi connectivity index (χ2n) is 3.27. The summed E-state index contributed by atoms with van der Waals surface area (Å²) < 4.78 is 9.52. The number of rotatable bonds is 3. The summed E-state index contributed by atoms with van der Waals surface area (Å²) >= 11 is 0. The van der Waals surface area contributed by atoms with Crippen LogP contribution in [0.15, 0.2) is 23.7 Å². The Balaban J connectivity index is 2.97.